The highest BCUT2D eigenvalue weighted by molar-refractivity contribution is 7.99. The molecule has 0 aliphatic carbocycles. The Morgan fingerprint density at radius 2 is 1.95 bits per heavy atom. The van der Waals surface area contributed by atoms with Crippen LogP contribution < -0.4 is 5.32 Å². The van der Waals surface area contributed by atoms with Gasteiger partial charge in [0.2, 0.25) is 0 Å². The van der Waals surface area contributed by atoms with Gasteiger partial charge >= 0.3 is 0 Å². The Morgan fingerprint density at radius 1 is 1.16 bits per heavy atom. The van der Waals surface area contributed by atoms with E-state index in [4.69, 9.17) is 0 Å². The van der Waals surface area contributed by atoms with Crippen LogP contribution in [0, 0.1) is 6.92 Å². The van der Waals surface area contributed by atoms with E-state index in [9.17, 15) is 0 Å². The van der Waals surface area contributed by atoms with Crippen molar-refractivity contribution in [2.75, 3.05) is 6.54 Å². The third kappa shape index (κ3) is 4.37. The smallest absolute Gasteiger partial charge is 0.0279 e. The second kappa shape index (κ2) is 7.31. The van der Waals surface area contributed by atoms with Crippen LogP contribution in [-0.2, 0) is 6.54 Å². The summed E-state index contributed by atoms with van der Waals surface area (Å²) < 4.78 is 0. The molecule has 0 atom stereocenters. The Kier molecular flexibility index (Phi) is 5.43. The molecule has 0 spiro atoms. The van der Waals surface area contributed by atoms with E-state index in [0.717, 1.165) is 13.1 Å². The fourth-order valence-corrected chi connectivity index (χ4v) is 2.79. The van der Waals surface area contributed by atoms with Crippen LogP contribution in [0.4, 0.5) is 0 Å². The van der Waals surface area contributed by atoms with Gasteiger partial charge in [-0.05, 0) is 43.7 Å². The summed E-state index contributed by atoms with van der Waals surface area (Å²) in [6.07, 6.45) is 4.84. The largest absolute Gasteiger partial charge is 0.313 e. The van der Waals surface area contributed by atoms with Crippen LogP contribution >= 0.6 is 11.8 Å². The van der Waals surface area contributed by atoms with E-state index < -0.39 is 0 Å². The van der Waals surface area contributed by atoms with Crippen molar-refractivity contribution in [2.45, 2.75) is 36.6 Å². The number of nitrogens with zero attached hydrogens (tertiary/aromatic N) is 1. The van der Waals surface area contributed by atoms with Crippen LogP contribution in [-0.4, -0.2) is 11.5 Å². The van der Waals surface area contributed by atoms with Gasteiger partial charge in [0, 0.05) is 28.7 Å². The summed E-state index contributed by atoms with van der Waals surface area (Å²) in [6, 6.07) is 10.8. The zero-order valence-corrected chi connectivity index (χ0v) is 12.3. The lowest BCUT2D eigenvalue weighted by Crippen LogP contribution is -2.14. The van der Waals surface area contributed by atoms with Crippen LogP contribution in [0.2, 0.25) is 0 Å². The molecule has 0 radical (unpaired) electrons. The first-order chi connectivity index (χ1) is 9.29. The third-order valence-electron chi connectivity index (χ3n) is 2.84. The van der Waals surface area contributed by atoms with E-state index in [1.54, 1.807) is 11.8 Å². The van der Waals surface area contributed by atoms with Gasteiger partial charge in [-0.25, -0.2) is 0 Å². The minimum absolute atomic E-state index is 0.933. The molecule has 0 amide bonds. The molecule has 0 fully saturated rings. The van der Waals surface area contributed by atoms with Crippen molar-refractivity contribution in [3.05, 3.63) is 53.9 Å². The van der Waals surface area contributed by atoms with Crippen molar-refractivity contribution >= 4 is 11.8 Å². The van der Waals surface area contributed by atoms with Gasteiger partial charge in [0.1, 0.15) is 0 Å². The zero-order chi connectivity index (χ0) is 13.5. The lowest BCUT2D eigenvalue weighted by Gasteiger charge is -2.11. The van der Waals surface area contributed by atoms with Gasteiger partial charge in [-0.3, -0.25) is 4.98 Å². The molecule has 0 saturated carbocycles. The first kappa shape index (κ1) is 14.1. The maximum absolute atomic E-state index is 4.06. The molecule has 2 aromatic rings. The zero-order valence-electron chi connectivity index (χ0n) is 11.5. The predicted molar refractivity (Wildman–Crippen MR) is 81.5 cm³/mol. The van der Waals surface area contributed by atoms with Crippen LogP contribution in [0.3, 0.4) is 0 Å². The first-order valence-corrected chi connectivity index (χ1v) is 7.49. The lowest BCUT2D eigenvalue weighted by molar-refractivity contribution is 0.669. The molecule has 3 heteroatoms. The van der Waals surface area contributed by atoms with Gasteiger partial charge in [0.05, 0.1) is 0 Å². The molecule has 1 N–H and O–H groups in total. The average molecular weight is 272 g/mol. The number of rotatable bonds is 6. The Hall–Kier alpha value is -1.32. The van der Waals surface area contributed by atoms with Crippen molar-refractivity contribution in [3.8, 4) is 0 Å². The van der Waals surface area contributed by atoms with E-state index in [2.05, 4.69) is 42.3 Å². The average Bonchev–Trinajstić information content (AvgIpc) is 2.43. The summed E-state index contributed by atoms with van der Waals surface area (Å²) in [7, 11) is 0. The first-order valence-electron chi connectivity index (χ1n) is 6.67. The van der Waals surface area contributed by atoms with E-state index in [1.165, 1.54) is 27.3 Å². The van der Waals surface area contributed by atoms with Crippen molar-refractivity contribution in [2.24, 2.45) is 0 Å². The quantitative estimate of drug-likeness (QED) is 0.803. The minimum atomic E-state index is 0.933. The van der Waals surface area contributed by atoms with Gasteiger partial charge in [-0.2, -0.15) is 0 Å². The van der Waals surface area contributed by atoms with Crippen LogP contribution in [0.5, 0.6) is 0 Å². The predicted octanol–water partition coefficient (Wildman–Crippen LogP) is 4.04. The minimum Gasteiger partial charge on any atom is -0.313 e. The second-order valence-corrected chi connectivity index (χ2v) is 5.69. The molecular weight excluding hydrogens is 252 g/mol. The normalized spacial score (nSPS) is 10.6. The Labute approximate surface area is 119 Å². The number of aryl methyl sites for hydroxylation is 1. The molecule has 0 saturated heterocycles. The highest BCUT2D eigenvalue weighted by atomic mass is 32.2. The van der Waals surface area contributed by atoms with E-state index in [-0.39, 0.29) is 0 Å². The summed E-state index contributed by atoms with van der Waals surface area (Å²) in [5, 5.41) is 3.48. The lowest BCUT2D eigenvalue weighted by atomic mass is 10.1. The Balaban J connectivity index is 2.14. The number of benzene rings is 1. The molecule has 19 heavy (non-hydrogen) atoms. The van der Waals surface area contributed by atoms with Crippen molar-refractivity contribution < 1.29 is 0 Å². The molecule has 1 heterocycles. The molecule has 2 rings (SSSR count). The summed E-state index contributed by atoms with van der Waals surface area (Å²) in [5.41, 5.74) is 2.68. The maximum Gasteiger partial charge on any atom is 0.0279 e. The maximum atomic E-state index is 4.06. The number of hydrogen-bond donors (Lipinski definition) is 1. The monoisotopic (exact) mass is 272 g/mol. The molecule has 0 unspecified atom stereocenters. The Morgan fingerprint density at radius 3 is 2.68 bits per heavy atom. The second-order valence-electron chi connectivity index (χ2n) is 4.57. The summed E-state index contributed by atoms with van der Waals surface area (Å²) in [6.45, 7) is 6.33. The molecular formula is C16H20N2S. The SMILES string of the molecule is CCCNCc1cc(C)ccc1Sc1ccncc1. The van der Waals surface area contributed by atoms with Crippen molar-refractivity contribution in [1.29, 1.82) is 0 Å². The molecule has 1 aromatic carbocycles. The van der Waals surface area contributed by atoms with Crippen LogP contribution in [0.15, 0.2) is 52.5 Å². The molecule has 0 bridgehead atoms. The van der Waals surface area contributed by atoms with E-state index in [1.807, 2.05) is 24.5 Å². The molecule has 0 aliphatic heterocycles. The summed E-state index contributed by atoms with van der Waals surface area (Å²) in [5.74, 6) is 0. The van der Waals surface area contributed by atoms with Gasteiger partial charge in [-0.1, -0.05) is 36.4 Å². The van der Waals surface area contributed by atoms with Crippen molar-refractivity contribution in [3.63, 3.8) is 0 Å². The van der Waals surface area contributed by atoms with Crippen molar-refractivity contribution in [1.82, 2.24) is 10.3 Å². The van der Waals surface area contributed by atoms with Gasteiger partial charge in [-0.15, -0.1) is 0 Å². The summed E-state index contributed by atoms with van der Waals surface area (Å²) in [4.78, 5) is 6.61. The van der Waals surface area contributed by atoms with E-state index in [0.29, 0.717) is 0 Å². The molecule has 0 aliphatic rings. The van der Waals surface area contributed by atoms with Gasteiger partial charge < -0.3 is 5.32 Å². The fourth-order valence-electron chi connectivity index (χ4n) is 1.88. The Bertz CT molecular complexity index is 511. The van der Waals surface area contributed by atoms with Crippen LogP contribution in [0.25, 0.3) is 0 Å². The molecule has 1 aromatic heterocycles. The molecule has 2 nitrogen and oxygen atoms in total. The van der Waals surface area contributed by atoms with E-state index >= 15 is 0 Å². The van der Waals surface area contributed by atoms with Gasteiger partial charge in [0.25, 0.3) is 0 Å². The number of pyridine rings is 1. The van der Waals surface area contributed by atoms with Gasteiger partial charge in [0.15, 0.2) is 0 Å². The topological polar surface area (TPSA) is 24.9 Å². The fraction of sp³-hybridized carbons (Fsp3) is 0.312. The van der Waals surface area contributed by atoms with Crippen LogP contribution in [0.1, 0.15) is 24.5 Å². The third-order valence-corrected chi connectivity index (χ3v) is 3.96. The molecule has 100 valence electrons. The summed E-state index contributed by atoms with van der Waals surface area (Å²) >= 11 is 1.80. The highest BCUT2D eigenvalue weighted by Gasteiger charge is 2.04. The number of hydrogen-bond acceptors (Lipinski definition) is 3. The standard InChI is InChI=1S/C16H20N2S/c1-3-8-18-12-14-11-13(2)4-5-16(14)19-15-6-9-17-10-7-15/h4-7,9-11,18H,3,8,12H2,1-2H3. The highest BCUT2D eigenvalue weighted by Crippen LogP contribution is 2.30. The number of aromatic nitrogens is 1. The number of nitrogens with one attached hydrogen (secondary N) is 1.